The minimum absolute atomic E-state index is 0.0694. The van der Waals surface area contributed by atoms with E-state index in [4.69, 9.17) is 0 Å². The number of aromatic amines is 1. The van der Waals surface area contributed by atoms with E-state index in [1.807, 2.05) is 18.7 Å². The number of carbonyl (C=O) groups excluding carboxylic acids is 2. The lowest BCUT2D eigenvalue weighted by molar-refractivity contribution is 0.0388. The van der Waals surface area contributed by atoms with Crippen molar-refractivity contribution >= 4 is 17.8 Å². The first-order valence-corrected chi connectivity index (χ1v) is 11.5. The molecule has 32 heavy (non-hydrogen) atoms. The fourth-order valence-corrected chi connectivity index (χ4v) is 5.42. The third-order valence-electron chi connectivity index (χ3n) is 7.34. The molecule has 0 spiro atoms. The number of carbonyl (C=O) groups is 2. The molecule has 9 nitrogen and oxygen atoms in total. The molecule has 170 valence electrons. The number of urea groups is 1. The van der Waals surface area contributed by atoms with Crippen LogP contribution in [0.25, 0.3) is 0 Å². The van der Waals surface area contributed by atoms with Gasteiger partial charge in [0.05, 0.1) is 17.8 Å². The van der Waals surface area contributed by atoms with E-state index in [-0.39, 0.29) is 18.0 Å². The highest BCUT2D eigenvalue weighted by Crippen LogP contribution is 2.42. The summed E-state index contributed by atoms with van der Waals surface area (Å²) in [5.41, 5.74) is 1.52. The number of fused-ring (bicyclic) bond motifs is 2. The summed E-state index contributed by atoms with van der Waals surface area (Å²) >= 11 is 0. The summed E-state index contributed by atoms with van der Waals surface area (Å²) in [5.74, 6) is 0.151. The first-order valence-electron chi connectivity index (χ1n) is 11.5. The molecular weight excluding hydrogens is 406 g/mol. The molecule has 2 aromatic rings. The number of rotatable bonds is 3. The Hall–Kier alpha value is -2.94. The molecule has 3 aliphatic heterocycles. The van der Waals surface area contributed by atoms with Gasteiger partial charge in [-0.15, -0.1) is 0 Å². The van der Waals surface area contributed by atoms with E-state index in [0.29, 0.717) is 24.1 Å². The van der Waals surface area contributed by atoms with Crippen molar-refractivity contribution in [2.75, 3.05) is 25.0 Å². The van der Waals surface area contributed by atoms with E-state index in [0.717, 1.165) is 43.7 Å². The Morgan fingerprint density at radius 1 is 1.28 bits per heavy atom. The molecule has 0 bridgehead atoms. The molecule has 5 rings (SSSR count). The molecule has 0 unspecified atom stereocenters. The fourth-order valence-electron chi connectivity index (χ4n) is 5.42. The van der Waals surface area contributed by atoms with Crippen molar-refractivity contribution in [3.8, 4) is 0 Å². The summed E-state index contributed by atoms with van der Waals surface area (Å²) in [6.45, 7) is 9.54. The van der Waals surface area contributed by atoms with Gasteiger partial charge in [0, 0.05) is 36.9 Å². The Morgan fingerprint density at radius 3 is 2.88 bits per heavy atom. The van der Waals surface area contributed by atoms with Gasteiger partial charge in [-0.25, -0.2) is 4.79 Å². The molecule has 9 heteroatoms. The molecule has 0 saturated carbocycles. The largest absolute Gasteiger partial charge is 0.321 e. The normalized spacial score (nSPS) is 24.3. The number of nitrogens with one attached hydrogen (secondary N) is 2. The highest BCUT2D eigenvalue weighted by molar-refractivity contribution is 6.02. The number of H-pyrrole nitrogens is 1. The van der Waals surface area contributed by atoms with Crippen LogP contribution in [0.3, 0.4) is 0 Å². The van der Waals surface area contributed by atoms with Crippen molar-refractivity contribution < 1.29 is 9.59 Å². The van der Waals surface area contributed by atoms with E-state index in [1.54, 1.807) is 24.4 Å². The van der Waals surface area contributed by atoms with Crippen LogP contribution in [0, 0.1) is 0 Å². The molecule has 0 radical (unpaired) electrons. The van der Waals surface area contributed by atoms with Crippen LogP contribution in [0.5, 0.6) is 0 Å². The van der Waals surface area contributed by atoms with Gasteiger partial charge in [-0.2, -0.15) is 5.10 Å². The Balaban J connectivity index is 1.36. The minimum Gasteiger partial charge on any atom is -0.319 e. The second-order valence-electron chi connectivity index (χ2n) is 9.53. The molecule has 2 saturated heterocycles. The lowest BCUT2D eigenvalue weighted by Crippen LogP contribution is -2.61. The summed E-state index contributed by atoms with van der Waals surface area (Å²) in [5, 5.41) is 10.3. The topological polar surface area (TPSA) is 97.5 Å². The molecule has 5 heterocycles. The number of hydrogen-bond donors (Lipinski definition) is 2. The highest BCUT2D eigenvalue weighted by atomic mass is 16.2. The van der Waals surface area contributed by atoms with Crippen LogP contribution in [0.1, 0.15) is 61.8 Å². The maximum absolute atomic E-state index is 13.8. The molecule has 0 aliphatic carbocycles. The summed E-state index contributed by atoms with van der Waals surface area (Å²) in [6, 6.07) is 5.97. The Bertz CT molecular complexity index is 1020. The third-order valence-corrected chi connectivity index (χ3v) is 7.34. The number of pyridine rings is 1. The van der Waals surface area contributed by atoms with Crippen LogP contribution in [0.2, 0.25) is 0 Å². The average molecular weight is 438 g/mol. The molecule has 2 N–H and O–H groups in total. The molecule has 0 aromatic carbocycles. The first-order chi connectivity index (χ1) is 15.4. The zero-order valence-electron chi connectivity index (χ0n) is 19.0. The maximum Gasteiger partial charge on any atom is 0.321 e. The number of hydrogen-bond acceptors (Lipinski definition) is 5. The predicted octanol–water partition coefficient (Wildman–Crippen LogP) is 2.79. The van der Waals surface area contributed by atoms with Crippen molar-refractivity contribution in [3.05, 3.63) is 41.3 Å². The lowest BCUT2D eigenvalue weighted by atomic mass is 10.0. The van der Waals surface area contributed by atoms with Crippen LogP contribution < -0.4 is 5.32 Å². The summed E-state index contributed by atoms with van der Waals surface area (Å²) < 4.78 is 0. The van der Waals surface area contributed by atoms with Crippen LogP contribution in [0.4, 0.5) is 10.6 Å². The van der Waals surface area contributed by atoms with Crippen molar-refractivity contribution in [1.82, 2.24) is 29.9 Å². The Labute approximate surface area is 188 Å². The van der Waals surface area contributed by atoms with Gasteiger partial charge in [0.2, 0.25) is 0 Å². The lowest BCUT2D eigenvalue weighted by Gasteiger charge is -2.46. The van der Waals surface area contributed by atoms with Crippen molar-refractivity contribution in [2.24, 2.45) is 0 Å². The van der Waals surface area contributed by atoms with Crippen LogP contribution >= 0.6 is 0 Å². The van der Waals surface area contributed by atoms with Gasteiger partial charge in [-0.3, -0.25) is 19.8 Å². The summed E-state index contributed by atoms with van der Waals surface area (Å²) in [6.07, 6.45) is 4.91. The van der Waals surface area contributed by atoms with Crippen molar-refractivity contribution in [1.29, 1.82) is 0 Å². The molecule has 2 fully saturated rings. The smallest absolute Gasteiger partial charge is 0.319 e. The standard InChI is InChI=1S/C23H31N7O2/c1-4-15-12-28-11-7-8-16(28)13-29(15)22(32)30-14-17-19(23(30,2)3)26-27-20(17)25-21(31)18-9-5-6-10-24-18/h5-6,9-10,15-16H,4,7-8,11-14H2,1-3H3,(H2,25,26,27,31)/t15-,16-/m0/s1. The highest BCUT2D eigenvalue weighted by Gasteiger charge is 2.47. The van der Waals surface area contributed by atoms with Crippen LogP contribution in [-0.4, -0.2) is 73.5 Å². The van der Waals surface area contributed by atoms with Gasteiger partial charge in [0.1, 0.15) is 5.69 Å². The maximum atomic E-state index is 13.8. The SMILES string of the molecule is CC[C@H]1CN2CCC[C@H]2CN1C(=O)N1Cc2c(NC(=O)c3ccccn3)n[nH]c2C1(C)C. The number of anilines is 1. The Morgan fingerprint density at radius 2 is 2.12 bits per heavy atom. The van der Waals surface area contributed by atoms with Gasteiger partial charge in [-0.1, -0.05) is 13.0 Å². The first kappa shape index (κ1) is 20.9. The minimum atomic E-state index is -0.543. The van der Waals surface area contributed by atoms with E-state index >= 15 is 0 Å². The van der Waals surface area contributed by atoms with Gasteiger partial charge in [0.25, 0.3) is 5.91 Å². The monoisotopic (exact) mass is 437 g/mol. The molecular formula is C23H31N7O2. The predicted molar refractivity (Wildman–Crippen MR) is 120 cm³/mol. The fraction of sp³-hybridized carbons (Fsp3) is 0.565. The quantitative estimate of drug-likeness (QED) is 0.770. The Kier molecular flexibility index (Phi) is 5.16. The van der Waals surface area contributed by atoms with Crippen molar-refractivity contribution in [2.45, 2.75) is 64.2 Å². The molecule has 2 atom stereocenters. The summed E-state index contributed by atoms with van der Waals surface area (Å²) in [7, 11) is 0. The zero-order valence-corrected chi connectivity index (χ0v) is 19.0. The van der Waals surface area contributed by atoms with Gasteiger partial charge in [0.15, 0.2) is 5.82 Å². The number of nitrogens with zero attached hydrogens (tertiary/aromatic N) is 5. The zero-order chi connectivity index (χ0) is 22.5. The van der Waals surface area contributed by atoms with Crippen molar-refractivity contribution in [3.63, 3.8) is 0 Å². The summed E-state index contributed by atoms with van der Waals surface area (Å²) in [4.78, 5) is 37.0. The second kappa shape index (κ2) is 7.88. The van der Waals surface area contributed by atoms with Gasteiger partial charge < -0.3 is 15.1 Å². The van der Waals surface area contributed by atoms with Crippen LogP contribution in [-0.2, 0) is 12.1 Å². The van der Waals surface area contributed by atoms with E-state index < -0.39 is 5.54 Å². The number of amides is 3. The van der Waals surface area contributed by atoms with Gasteiger partial charge in [-0.05, 0) is 51.8 Å². The van der Waals surface area contributed by atoms with E-state index in [9.17, 15) is 9.59 Å². The third kappa shape index (κ3) is 3.35. The number of piperazine rings is 1. The van der Waals surface area contributed by atoms with Gasteiger partial charge >= 0.3 is 6.03 Å². The second-order valence-corrected chi connectivity index (χ2v) is 9.53. The van der Waals surface area contributed by atoms with E-state index in [2.05, 4.69) is 37.2 Å². The van der Waals surface area contributed by atoms with Crippen LogP contribution in [0.15, 0.2) is 24.4 Å². The molecule has 2 aromatic heterocycles. The average Bonchev–Trinajstić information content (AvgIpc) is 3.49. The number of aromatic nitrogens is 3. The molecule has 3 aliphatic rings. The van der Waals surface area contributed by atoms with E-state index in [1.165, 1.54) is 6.42 Å². The molecule has 3 amide bonds.